The summed E-state index contributed by atoms with van der Waals surface area (Å²) in [5.41, 5.74) is -0.0558. The molecule has 0 saturated heterocycles. The lowest BCUT2D eigenvalue weighted by atomic mass is 10.3. The molecule has 0 bridgehead atoms. The van der Waals surface area contributed by atoms with E-state index in [0.717, 1.165) is 6.07 Å². The van der Waals surface area contributed by atoms with Crippen LogP contribution in [0.2, 0.25) is 0 Å². The SMILES string of the molecule is COCC(C)NS(=O)(=O)c1cc(C(=O)O)n(C(C)C)c1. The van der Waals surface area contributed by atoms with Gasteiger partial charge in [-0.25, -0.2) is 17.9 Å². The number of aromatic nitrogens is 1. The van der Waals surface area contributed by atoms with Crippen LogP contribution < -0.4 is 4.72 Å². The van der Waals surface area contributed by atoms with Crippen LogP contribution in [0.5, 0.6) is 0 Å². The van der Waals surface area contributed by atoms with Crippen molar-refractivity contribution in [1.29, 1.82) is 0 Å². The number of aromatic carboxylic acids is 1. The summed E-state index contributed by atoms with van der Waals surface area (Å²) in [7, 11) is -2.29. The zero-order chi connectivity index (χ0) is 15.5. The molecule has 1 rings (SSSR count). The first-order valence-electron chi connectivity index (χ1n) is 6.15. The topological polar surface area (TPSA) is 97.6 Å². The average molecular weight is 304 g/mol. The van der Waals surface area contributed by atoms with Crippen molar-refractivity contribution in [2.75, 3.05) is 13.7 Å². The molecular weight excluding hydrogens is 284 g/mol. The lowest BCUT2D eigenvalue weighted by Gasteiger charge is -2.12. The van der Waals surface area contributed by atoms with Crippen LogP contribution in [-0.4, -0.2) is 43.8 Å². The molecule has 0 amide bonds. The minimum absolute atomic E-state index is 0.0558. The van der Waals surface area contributed by atoms with Gasteiger partial charge in [0.1, 0.15) is 10.6 Å². The molecule has 0 radical (unpaired) electrons. The summed E-state index contributed by atoms with van der Waals surface area (Å²) in [6.07, 6.45) is 1.33. The van der Waals surface area contributed by atoms with Crippen LogP contribution in [0.15, 0.2) is 17.2 Å². The van der Waals surface area contributed by atoms with Gasteiger partial charge in [-0.2, -0.15) is 0 Å². The van der Waals surface area contributed by atoms with E-state index in [1.54, 1.807) is 20.8 Å². The highest BCUT2D eigenvalue weighted by atomic mass is 32.2. The van der Waals surface area contributed by atoms with E-state index in [1.807, 2.05) is 0 Å². The second-order valence-electron chi connectivity index (χ2n) is 4.84. The Bertz CT molecular complexity index is 577. The molecule has 1 heterocycles. The minimum Gasteiger partial charge on any atom is -0.477 e. The van der Waals surface area contributed by atoms with Crippen molar-refractivity contribution in [2.24, 2.45) is 0 Å². The molecule has 0 aliphatic rings. The van der Waals surface area contributed by atoms with Gasteiger partial charge in [0.05, 0.1) is 6.61 Å². The summed E-state index contributed by atoms with van der Waals surface area (Å²) in [6, 6.07) is 0.603. The van der Waals surface area contributed by atoms with Crippen molar-refractivity contribution in [1.82, 2.24) is 9.29 Å². The molecular formula is C12H20N2O5S. The lowest BCUT2D eigenvalue weighted by Crippen LogP contribution is -2.35. The molecule has 0 saturated carbocycles. The number of hydrogen-bond donors (Lipinski definition) is 2. The lowest BCUT2D eigenvalue weighted by molar-refractivity contribution is 0.0683. The van der Waals surface area contributed by atoms with Crippen molar-refractivity contribution in [2.45, 2.75) is 37.8 Å². The average Bonchev–Trinajstić information content (AvgIpc) is 2.73. The Balaban J connectivity index is 3.13. The molecule has 0 spiro atoms. The first-order valence-corrected chi connectivity index (χ1v) is 7.63. The van der Waals surface area contributed by atoms with Crippen molar-refractivity contribution < 1.29 is 23.1 Å². The van der Waals surface area contributed by atoms with E-state index in [4.69, 9.17) is 9.84 Å². The first kappa shape index (κ1) is 16.7. The minimum atomic E-state index is -3.76. The van der Waals surface area contributed by atoms with Gasteiger partial charge in [0, 0.05) is 25.4 Å². The molecule has 0 fully saturated rings. The van der Waals surface area contributed by atoms with Gasteiger partial charge in [-0.3, -0.25) is 0 Å². The largest absolute Gasteiger partial charge is 0.477 e. The normalized spacial score (nSPS) is 13.7. The molecule has 20 heavy (non-hydrogen) atoms. The molecule has 1 unspecified atom stereocenters. The van der Waals surface area contributed by atoms with E-state index in [-0.39, 0.29) is 23.2 Å². The highest BCUT2D eigenvalue weighted by Gasteiger charge is 2.23. The summed E-state index contributed by atoms with van der Waals surface area (Å²) in [5, 5.41) is 9.10. The zero-order valence-electron chi connectivity index (χ0n) is 12.0. The number of carboxylic acids is 1. The van der Waals surface area contributed by atoms with Crippen molar-refractivity contribution in [3.8, 4) is 0 Å². The third kappa shape index (κ3) is 3.81. The Hall–Kier alpha value is -1.38. The van der Waals surface area contributed by atoms with Crippen LogP contribution in [0.3, 0.4) is 0 Å². The van der Waals surface area contributed by atoms with Crippen molar-refractivity contribution >= 4 is 16.0 Å². The quantitative estimate of drug-likeness (QED) is 0.785. The number of carboxylic acid groups (broad SMARTS) is 1. The van der Waals surface area contributed by atoms with Crippen molar-refractivity contribution in [3.05, 3.63) is 18.0 Å². The fourth-order valence-electron chi connectivity index (χ4n) is 1.82. The fourth-order valence-corrected chi connectivity index (χ4v) is 3.07. The van der Waals surface area contributed by atoms with Gasteiger partial charge in [0.2, 0.25) is 10.0 Å². The second kappa shape index (κ2) is 6.38. The number of ether oxygens (including phenoxy) is 1. The van der Waals surface area contributed by atoms with Gasteiger partial charge < -0.3 is 14.4 Å². The van der Waals surface area contributed by atoms with Gasteiger partial charge in [-0.1, -0.05) is 0 Å². The molecule has 1 aromatic rings. The van der Waals surface area contributed by atoms with E-state index in [0.29, 0.717) is 0 Å². The Morgan fingerprint density at radius 3 is 2.45 bits per heavy atom. The number of sulfonamides is 1. The maximum absolute atomic E-state index is 12.2. The Kier molecular flexibility index (Phi) is 5.32. The van der Waals surface area contributed by atoms with Crippen molar-refractivity contribution in [3.63, 3.8) is 0 Å². The predicted octanol–water partition coefficient (Wildman–Crippen LogP) is 1.08. The molecule has 7 nitrogen and oxygen atoms in total. The molecule has 2 N–H and O–H groups in total. The highest BCUT2D eigenvalue weighted by molar-refractivity contribution is 7.89. The monoisotopic (exact) mass is 304 g/mol. The maximum Gasteiger partial charge on any atom is 0.352 e. The van der Waals surface area contributed by atoms with Crippen LogP contribution in [0.4, 0.5) is 0 Å². The summed E-state index contributed by atoms with van der Waals surface area (Å²) in [6.45, 7) is 5.46. The molecule has 8 heteroatoms. The maximum atomic E-state index is 12.2. The number of methoxy groups -OCH3 is 1. The Morgan fingerprint density at radius 1 is 1.45 bits per heavy atom. The molecule has 114 valence electrons. The van der Waals surface area contributed by atoms with Gasteiger partial charge in [0.25, 0.3) is 0 Å². The standard InChI is InChI=1S/C12H20N2O5S/c1-8(2)14-6-10(5-11(14)12(15)16)20(17,18)13-9(3)7-19-4/h5-6,8-9,13H,7H2,1-4H3,(H,15,16). The highest BCUT2D eigenvalue weighted by Crippen LogP contribution is 2.19. The van der Waals surface area contributed by atoms with Gasteiger partial charge in [-0.05, 0) is 26.8 Å². The van der Waals surface area contributed by atoms with Crippen LogP contribution in [0, 0.1) is 0 Å². The van der Waals surface area contributed by atoms with Gasteiger partial charge in [0.15, 0.2) is 0 Å². The molecule has 1 atom stereocenters. The first-order chi connectivity index (χ1) is 9.19. The smallest absolute Gasteiger partial charge is 0.352 e. The molecule has 0 aliphatic heterocycles. The zero-order valence-corrected chi connectivity index (χ0v) is 12.8. The molecule has 1 aromatic heterocycles. The van der Waals surface area contributed by atoms with Crippen LogP contribution in [0.25, 0.3) is 0 Å². The summed E-state index contributed by atoms with van der Waals surface area (Å²) in [5.74, 6) is -1.16. The second-order valence-corrected chi connectivity index (χ2v) is 6.56. The number of hydrogen-bond acceptors (Lipinski definition) is 4. The summed E-state index contributed by atoms with van der Waals surface area (Å²) in [4.78, 5) is 11.1. The van der Waals surface area contributed by atoms with Crippen LogP contribution in [-0.2, 0) is 14.8 Å². The number of nitrogens with one attached hydrogen (secondary N) is 1. The number of nitrogens with zero attached hydrogens (tertiary/aromatic N) is 1. The predicted molar refractivity (Wildman–Crippen MR) is 73.4 cm³/mol. The fraction of sp³-hybridized carbons (Fsp3) is 0.583. The van der Waals surface area contributed by atoms with Gasteiger partial charge in [-0.15, -0.1) is 0 Å². The third-order valence-electron chi connectivity index (χ3n) is 2.68. The summed E-state index contributed by atoms with van der Waals surface area (Å²) >= 11 is 0. The van der Waals surface area contributed by atoms with E-state index in [2.05, 4.69) is 4.72 Å². The Labute approximate surface area is 118 Å². The van der Waals surface area contributed by atoms with E-state index < -0.39 is 22.0 Å². The van der Waals surface area contributed by atoms with E-state index >= 15 is 0 Å². The van der Waals surface area contributed by atoms with Crippen LogP contribution in [0.1, 0.15) is 37.3 Å². The number of rotatable bonds is 7. The molecule has 0 aliphatic carbocycles. The summed E-state index contributed by atoms with van der Waals surface area (Å²) < 4.78 is 33.0. The molecule has 0 aromatic carbocycles. The number of carbonyl (C=O) groups is 1. The van der Waals surface area contributed by atoms with Gasteiger partial charge >= 0.3 is 5.97 Å². The van der Waals surface area contributed by atoms with E-state index in [1.165, 1.54) is 17.9 Å². The van der Waals surface area contributed by atoms with E-state index in [9.17, 15) is 13.2 Å². The Morgan fingerprint density at radius 2 is 2.05 bits per heavy atom. The third-order valence-corrected chi connectivity index (χ3v) is 4.24. The van der Waals surface area contributed by atoms with Crippen LogP contribution >= 0.6 is 0 Å².